The van der Waals surface area contributed by atoms with Crippen molar-refractivity contribution in [3.05, 3.63) is 23.9 Å². The zero-order valence-corrected chi connectivity index (χ0v) is 10.5. The third-order valence-electron chi connectivity index (χ3n) is 3.94. The highest BCUT2D eigenvalue weighted by Gasteiger charge is 2.47. The van der Waals surface area contributed by atoms with Crippen molar-refractivity contribution < 1.29 is 22.7 Å². The third-order valence-corrected chi connectivity index (χ3v) is 3.94. The van der Waals surface area contributed by atoms with Gasteiger partial charge in [-0.05, 0) is 30.9 Å². The van der Waals surface area contributed by atoms with Gasteiger partial charge in [-0.2, -0.15) is 13.2 Å². The monoisotopic (exact) mass is 286 g/mol. The van der Waals surface area contributed by atoms with Gasteiger partial charge in [-0.15, -0.1) is 0 Å². The van der Waals surface area contributed by atoms with Crippen LogP contribution >= 0.6 is 0 Å². The molecule has 0 aromatic carbocycles. The second-order valence-electron chi connectivity index (χ2n) is 5.22. The van der Waals surface area contributed by atoms with Crippen molar-refractivity contribution in [1.29, 1.82) is 0 Å². The highest BCUT2D eigenvalue weighted by atomic mass is 19.4. The van der Waals surface area contributed by atoms with Gasteiger partial charge in [-0.1, -0.05) is 0 Å². The maximum Gasteiger partial charge on any atom is 0.421 e. The molecule has 3 rings (SSSR count). The van der Waals surface area contributed by atoms with Gasteiger partial charge in [0.05, 0.1) is 6.04 Å². The number of hydrogen-bond acceptors (Lipinski definition) is 3. The van der Waals surface area contributed by atoms with Gasteiger partial charge in [0, 0.05) is 12.7 Å². The Morgan fingerprint density at radius 3 is 2.85 bits per heavy atom. The molecule has 2 heterocycles. The highest BCUT2D eigenvalue weighted by molar-refractivity contribution is 5.49. The van der Waals surface area contributed by atoms with Gasteiger partial charge in [-0.25, -0.2) is 4.98 Å². The largest absolute Gasteiger partial charge is 0.472 e. The van der Waals surface area contributed by atoms with Crippen molar-refractivity contribution in [3.63, 3.8) is 0 Å². The number of nitrogens with zero attached hydrogens (tertiary/aromatic N) is 2. The summed E-state index contributed by atoms with van der Waals surface area (Å²) >= 11 is 0. The average molecular weight is 286 g/mol. The number of aromatic nitrogens is 1. The minimum absolute atomic E-state index is 0.138. The van der Waals surface area contributed by atoms with Gasteiger partial charge in [-0.3, -0.25) is 4.79 Å². The van der Waals surface area contributed by atoms with E-state index in [1.54, 1.807) is 4.90 Å². The smallest absolute Gasteiger partial charge is 0.421 e. The van der Waals surface area contributed by atoms with E-state index in [9.17, 15) is 18.0 Å². The Hall–Kier alpha value is -1.79. The van der Waals surface area contributed by atoms with Crippen LogP contribution < -0.4 is 4.74 Å². The third kappa shape index (κ3) is 2.21. The maximum absolute atomic E-state index is 12.9. The lowest BCUT2D eigenvalue weighted by Crippen LogP contribution is -2.43. The number of pyridine rings is 1. The number of alkyl halides is 3. The van der Waals surface area contributed by atoms with Crippen LogP contribution in [0.5, 0.6) is 5.88 Å². The fraction of sp³-hybridized carbons (Fsp3) is 0.538. The number of carbonyl (C=O) groups excluding carboxylic acids is 1. The first kappa shape index (κ1) is 13.2. The topological polar surface area (TPSA) is 42.4 Å². The van der Waals surface area contributed by atoms with E-state index in [1.807, 2.05) is 0 Å². The summed E-state index contributed by atoms with van der Waals surface area (Å²) < 4.78 is 44.1. The van der Waals surface area contributed by atoms with E-state index < -0.39 is 23.7 Å². The van der Waals surface area contributed by atoms with E-state index in [2.05, 4.69) is 4.98 Å². The van der Waals surface area contributed by atoms with E-state index in [1.165, 1.54) is 12.3 Å². The molecule has 1 amide bonds. The predicted molar refractivity (Wildman–Crippen MR) is 62.9 cm³/mol. The van der Waals surface area contributed by atoms with Gasteiger partial charge < -0.3 is 9.64 Å². The standard InChI is InChI=1S/C13H13F3N2O2/c14-13(15,16)9-2-1-3-17-12(9)20-11-5-8-4-10(11)18(6-8)7-19/h1-3,7-8,10-11H,4-6H2/t8-,10+,11-/m1/s1. The molecule has 0 radical (unpaired) electrons. The van der Waals surface area contributed by atoms with Crippen LogP contribution in [0.3, 0.4) is 0 Å². The lowest BCUT2D eigenvalue weighted by Gasteiger charge is -2.30. The van der Waals surface area contributed by atoms with Crippen LogP contribution in [-0.2, 0) is 11.0 Å². The van der Waals surface area contributed by atoms with E-state index in [4.69, 9.17) is 4.74 Å². The van der Waals surface area contributed by atoms with E-state index in [0.29, 0.717) is 18.9 Å². The fourth-order valence-corrected chi connectivity index (χ4v) is 3.10. The second-order valence-corrected chi connectivity index (χ2v) is 5.22. The molecule has 2 bridgehead atoms. The zero-order chi connectivity index (χ0) is 14.3. The van der Waals surface area contributed by atoms with Crippen LogP contribution in [0, 0.1) is 5.92 Å². The number of halogens is 3. The van der Waals surface area contributed by atoms with Crippen molar-refractivity contribution in [3.8, 4) is 5.88 Å². The Bertz CT molecular complexity index is 521. The zero-order valence-electron chi connectivity index (χ0n) is 10.5. The van der Waals surface area contributed by atoms with Crippen molar-refractivity contribution >= 4 is 6.41 Å². The number of piperidine rings is 1. The molecule has 1 saturated heterocycles. The second kappa shape index (κ2) is 4.64. The number of amides is 1. The number of hydrogen-bond donors (Lipinski definition) is 0. The first-order chi connectivity index (χ1) is 9.49. The molecule has 1 aromatic rings. The number of ether oxygens (including phenoxy) is 1. The minimum atomic E-state index is -4.49. The summed E-state index contributed by atoms with van der Waals surface area (Å²) in [4.78, 5) is 16.2. The van der Waals surface area contributed by atoms with Crippen LogP contribution in [0.2, 0.25) is 0 Å². The summed E-state index contributed by atoms with van der Waals surface area (Å²) in [5, 5.41) is 0. The van der Waals surface area contributed by atoms with Gasteiger partial charge >= 0.3 is 6.18 Å². The molecule has 7 heteroatoms. The van der Waals surface area contributed by atoms with E-state index >= 15 is 0 Å². The summed E-state index contributed by atoms with van der Waals surface area (Å²) in [5.41, 5.74) is -0.875. The summed E-state index contributed by atoms with van der Waals surface area (Å²) in [5.74, 6) is -0.0864. The molecule has 0 N–H and O–H groups in total. The molecule has 1 aliphatic heterocycles. The molecule has 20 heavy (non-hydrogen) atoms. The maximum atomic E-state index is 12.9. The van der Waals surface area contributed by atoms with Crippen molar-refractivity contribution in [2.24, 2.45) is 5.92 Å². The number of fused-ring (bicyclic) bond motifs is 2. The lowest BCUT2D eigenvalue weighted by atomic mass is 10.1. The molecule has 1 saturated carbocycles. The molecule has 1 aliphatic carbocycles. The Morgan fingerprint density at radius 2 is 2.20 bits per heavy atom. The van der Waals surface area contributed by atoms with Crippen LogP contribution in [0.15, 0.2) is 18.3 Å². The SMILES string of the molecule is O=CN1C[C@H]2C[C@@H](Oc3ncccc3C(F)(F)F)[C@@H]1C2. The highest BCUT2D eigenvalue weighted by Crippen LogP contribution is 2.41. The Balaban J connectivity index is 1.81. The number of rotatable bonds is 3. The number of carbonyl (C=O) groups is 1. The Labute approximate surface area is 113 Å². The normalized spacial score (nSPS) is 28.8. The molecule has 0 spiro atoms. The molecular formula is C13H13F3N2O2. The first-order valence-corrected chi connectivity index (χ1v) is 6.39. The summed E-state index contributed by atoms with van der Waals surface area (Å²) in [6.45, 7) is 0.669. The molecule has 0 unspecified atom stereocenters. The summed E-state index contributed by atoms with van der Waals surface area (Å²) in [6, 6.07) is 2.04. The van der Waals surface area contributed by atoms with Crippen molar-refractivity contribution in [1.82, 2.24) is 9.88 Å². The van der Waals surface area contributed by atoms with Crippen molar-refractivity contribution in [2.75, 3.05) is 6.54 Å². The van der Waals surface area contributed by atoms with Crippen LogP contribution in [0.1, 0.15) is 18.4 Å². The van der Waals surface area contributed by atoms with Gasteiger partial charge in [0.15, 0.2) is 0 Å². The van der Waals surface area contributed by atoms with Gasteiger partial charge in [0.1, 0.15) is 11.7 Å². The van der Waals surface area contributed by atoms with Crippen LogP contribution in [0.25, 0.3) is 0 Å². The first-order valence-electron chi connectivity index (χ1n) is 6.39. The Morgan fingerprint density at radius 1 is 1.40 bits per heavy atom. The molecule has 2 fully saturated rings. The molecular weight excluding hydrogens is 273 g/mol. The van der Waals surface area contributed by atoms with E-state index in [-0.39, 0.29) is 6.04 Å². The summed E-state index contributed by atoms with van der Waals surface area (Å²) in [6.07, 6.45) is -1.43. The average Bonchev–Trinajstić information content (AvgIpc) is 2.97. The number of likely N-dealkylation sites (tertiary alicyclic amines) is 1. The molecule has 4 nitrogen and oxygen atoms in total. The molecule has 3 atom stereocenters. The van der Waals surface area contributed by atoms with Gasteiger partial charge in [0.25, 0.3) is 0 Å². The quantitative estimate of drug-likeness (QED) is 0.799. The van der Waals surface area contributed by atoms with Gasteiger partial charge in [0.2, 0.25) is 12.3 Å². The minimum Gasteiger partial charge on any atom is -0.472 e. The molecule has 2 aliphatic rings. The van der Waals surface area contributed by atoms with E-state index in [0.717, 1.165) is 18.9 Å². The predicted octanol–water partition coefficient (Wildman–Crippen LogP) is 2.10. The van der Waals surface area contributed by atoms with Crippen molar-refractivity contribution in [2.45, 2.75) is 31.2 Å². The fourth-order valence-electron chi connectivity index (χ4n) is 3.10. The molecule has 1 aromatic heterocycles. The summed E-state index contributed by atoms with van der Waals surface area (Å²) in [7, 11) is 0. The Kier molecular flexibility index (Phi) is 3.07. The lowest BCUT2D eigenvalue weighted by molar-refractivity contribution is -0.140. The van der Waals surface area contributed by atoms with Crippen LogP contribution in [-0.4, -0.2) is 35.0 Å². The van der Waals surface area contributed by atoms with Crippen LogP contribution in [0.4, 0.5) is 13.2 Å². The molecule has 108 valence electrons.